The van der Waals surface area contributed by atoms with Gasteiger partial charge in [0.1, 0.15) is 12.4 Å². The number of fused-ring (bicyclic) bond motifs is 3. The molecule has 0 spiro atoms. The molecule has 0 saturated carbocycles. The number of pyridine rings is 1. The summed E-state index contributed by atoms with van der Waals surface area (Å²) in [4.78, 5) is 36.6. The Balaban J connectivity index is 1.40. The maximum Gasteiger partial charge on any atom is 0.248 e. The number of Topliss-reactive ketones (excluding diaryl/α,β-unsaturated/α-hetero) is 1. The molecule has 0 aliphatic carbocycles. The number of nitrogen functional groups attached to an aromatic ring is 1. The van der Waals surface area contributed by atoms with Crippen LogP contribution in [0.5, 0.6) is 0 Å². The second kappa shape index (κ2) is 8.94. The highest BCUT2D eigenvalue weighted by Crippen LogP contribution is 2.44. The smallest absolute Gasteiger partial charge is 0.248 e. The number of amides is 1. The van der Waals surface area contributed by atoms with Crippen LogP contribution in [0.3, 0.4) is 0 Å². The Hall–Kier alpha value is -3.37. The Morgan fingerprint density at radius 1 is 1.17 bits per heavy atom. The van der Waals surface area contributed by atoms with Crippen molar-refractivity contribution in [1.82, 2.24) is 29.8 Å². The third-order valence-electron chi connectivity index (χ3n) is 8.12. The second-order valence-corrected chi connectivity index (χ2v) is 10.2. The average Bonchev–Trinajstić information content (AvgIpc) is 3.62. The number of aliphatic hydroxyl groups excluding tert-OH is 1. The summed E-state index contributed by atoms with van der Waals surface area (Å²) in [6, 6.07) is 4.45. The summed E-state index contributed by atoms with van der Waals surface area (Å²) in [7, 11) is 0. The van der Waals surface area contributed by atoms with E-state index in [2.05, 4.69) is 10.4 Å². The normalized spacial score (nSPS) is 25.6. The Kier molecular flexibility index (Phi) is 5.72. The zero-order valence-corrected chi connectivity index (χ0v) is 20.4. The number of ketones is 1. The Labute approximate surface area is 208 Å². The molecular formula is C26H31N7O3. The first kappa shape index (κ1) is 23.1. The van der Waals surface area contributed by atoms with E-state index in [1.54, 1.807) is 10.7 Å². The molecule has 3 aliphatic rings. The van der Waals surface area contributed by atoms with Gasteiger partial charge in [-0.2, -0.15) is 9.61 Å². The number of piperidine rings is 1. The van der Waals surface area contributed by atoms with Crippen molar-refractivity contribution in [3.63, 3.8) is 0 Å². The third-order valence-corrected chi connectivity index (χ3v) is 8.12. The molecule has 10 heteroatoms. The largest absolute Gasteiger partial charge is 0.387 e. The number of carbonyl (C=O) groups is 2. The van der Waals surface area contributed by atoms with Crippen LogP contribution in [0.25, 0.3) is 16.8 Å². The molecule has 36 heavy (non-hydrogen) atoms. The number of aromatic nitrogens is 4. The lowest BCUT2D eigenvalue weighted by atomic mass is 9.85. The van der Waals surface area contributed by atoms with Gasteiger partial charge >= 0.3 is 0 Å². The molecule has 10 nitrogen and oxygen atoms in total. The SMILES string of the molecule is CC(=O)c1c(C2CC3CCC(C2)N3C(=O)CO)nc2c(-c3ccc(C4CCCN4)nc3)cnn2c1N. The first-order chi connectivity index (χ1) is 17.5. The fourth-order valence-corrected chi connectivity index (χ4v) is 6.49. The minimum Gasteiger partial charge on any atom is -0.387 e. The highest BCUT2D eigenvalue weighted by molar-refractivity contribution is 6.00. The number of hydrogen-bond acceptors (Lipinski definition) is 8. The number of nitrogens with zero attached hydrogens (tertiary/aromatic N) is 5. The van der Waals surface area contributed by atoms with Gasteiger partial charge in [-0.3, -0.25) is 14.6 Å². The monoisotopic (exact) mass is 489 g/mol. The highest BCUT2D eigenvalue weighted by Gasteiger charge is 2.44. The van der Waals surface area contributed by atoms with Crippen LogP contribution in [0.15, 0.2) is 24.5 Å². The first-order valence-corrected chi connectivity index (χ1v) is 12.8. The number of anilines is 1. The number of nitrogens with one attached hydrogen (secondary N) is 1. The van der Waals surface area contributed by atoms with Crippen LogP contribution in [0.1, 0.15) is 79.2 Å². The van der Waals surface area contributed by atoms with Gasteiger partial charge in [0, 0.05) is 41.4 Å². The van der Waals surface area contributed by atoms with Gasteiger partial charge < -0.3 is 21.1 Å². The number of carbonyl (C=O) groups excluding carboxylic acids is 2. The van der Waals surface area contributed by atoms with Crippen LogP contribution in [-0.2, 0) is 4.79 Å². The molecule has 6 heterocycles. The summed E-state index contributed by atoms with van der Waals surface area (Å²) in [5.41, 5.74) is 10.9. The Morgan fingerprint density at radius 2 is 1.94 bits per heavy atom. The lowest BCUT2D eigenvalue weighted by Crippen LogP contribution is -2.47. The maximum absolute atomic E-state index is 12.7. The molecule has 0 radical (unpaired) electrons. The van der Waals surface area contributed by atoms with E-state index in [1.807, 2.05) is 23.2 Å². The predicted octanol–water partition coefficient (Wildman–Crippen LogP) is 2.23. The Bertz CT molecular complexity index is 1320. The minimum atomic E-state index is -0.476. The number of hydrogen-bond donors (Lipinski definition) is 3. The van der Waals surface area contributed by atoms with Crippen molar-refractivity contribution in [2.45, 2.75) is 69.5 Å². The molecule has 3 atom stereocenters. The van der Waals surface area contributed by atoms with Gasteiger partial charge in [-0.25, -0.2) is 4.98 Å². The van der Waals surface area contributed by atoms with Crippen molar-refractivity contribution in [3.05, 3.63) is 41.5 Å². The zero-order chi connectivity index (χ0) is 25.0. The van der Waals surface area contributed by atoms with Gasteiger partial charge in [-0.1, -0.05) is 6.07 Å². The zero-order valence-electron chi connectivity index (χ0n) is 20.4. The standard InChI is InChI=1S/C26H31N7O3/c1-14(35)23-24(16-9-17-5-6-18(10-16)32(17)22(36)13-34)31-26-19(12-30-33(26)25(23)27)15-4-7-21(29-11-15)20-3-2-8-28-20/h4,7,11-12,16-18,20,28,34H,2-3,5-6,8-10,13,27H2,1H3. The van der Waals surface area contributed by atoms with E-state index in [-0.39, 0.29) is 35.5 Å². The molecule has 3 aromatic rings. The van der Waals surface area contributed by atoms with Gasteiger partial charge in [-0.15, -0.1) is 0 Å². The summed E-state index contributed by atoms with van der Waals surface area (Å²) in [5.74, 6) is -0.0921. The topological polar surface area (TPSA) is 139 Å². The van der Waals surface area contributed by atoms with Crippen molar-refractivity contribution in [3.8, 4) is 11.1 Å². The molecule has 0 aromatic carbocycles. The third kappa shape index (κ3) is 3.67. The van der Waals surface area contributed by atoms with Crippen molar-refractivity contribution < 1.29 is 14.7 Å². The highest BCUT2D eigenvalue weighted by atomic mass is 16.3. The van der Waals surface area contributed by atoms with Crippen molar-refractivity contribution in [1.29, 1.82) is 0 Å². The lowest BCUT2D eigenvalue weighted by Gasteiger charge is -2.39. The number of nitrogens with two attached hydrogens (primary N) is 1. The fourth-order valence-electron chi connectivity index (χ4n) is 6.49. The molecule has 3 unspecified atom stereocenters. The van der Waals surface area contributed by atoms with E-state index >= 15 is 0 Å². The molecule has 4 N–H and O–H groups in total. The van der Waals surface area contributed by atoms with Crippen LogP contribution in [0.2, 0.25) is 0 Å². The van der Waals surface area contributed by atoms with Gasteiger partial charge in [-0.05, 0) is 58.1 Å². The second-order valence-electron chi connectivity index (χ2n) is 10.2. The van der Waals surface area contributed by atoms with Gasteiger partial charge in [0.25, 0.3) is 0 Å². The lowest BCUT2D eigenvalue weighted by molar-refractivity contribution is -0.138. The van der Waals surface area contributed by atoms with Gasteiger partial charge in [0.15, 0.2) is 11.4 Å². The number of aliphatic hydroxyl groups is 1. The van der Waals surface area contributed by atoms with E-state index in [9.17, 15) is 14.7 Å². The predicted molar refractivity (Wildman–Crippen MR) is 133 cm³/mol. The molecule has 3 aromatic heterocycles. The molecule has 6 rings (SSSR count). The van der Waals surface area contributed by atoms with E-state index in [0.717, 1.165) is 49.0 Å². The average molecular weight is 490 g/mol. The van der Waals surface area contributed by atoms with Crippen molar-refractivity contribution >= 4 is 23.2 Å². The van der Waals surface area contributed by atoms with Crippen molar-refractivity contribution in [2.24, 2.45) is 0 Å². The molecule has 2 bridgehead atoms. The molecule has 1 amide bonds. The summed E-state index contributed by atoms with van der Waals surface area (Å²) in [5, 5.41) is 17.4. The van der Waals surface area contributed by atoms with E-state index in [1.165, 1.54) is 6.92 Å². The quantitative estimate of drug-likeness (QED) is 0.464. The molecule has 3 saturated heterocycles. The van der Waals surface area contributed by atoms with Gasteiger partial charge in [0.05, 0.1) is 23.1 Å². The van der Waals surface area contributed by atoms with Crippen LogP contribution >= 0.6 is 0 Å². The van der Waals surface area contributed by atoms with Gasteiger partial charge in [0.2, 0.25) is 5.91 Å². The molecule has 3 aliphatic heterocycles. The summed E-state index contributed by atoms with van der Waals surface area (Å²) in [6.45, 7) is 2.05. The number of rotatable bonds is 5. The van der Waals surface area contributed by atoms with Crippen LogP contribution in [0, 0.1) is 0 Å². The van der Waals surface area contributed by atoms with Crippen LogP contribution in [0.4, 0.5) is 5.82 Å². The van der Waals surface area contributed by atoms with Crippen LogP contribution in [-0.4, -0.2) is 66.5 Å². The van der Waals surface area contributed by atoms with E-state index < -0.39 is 6.61 Å². The first-order valence-electron chi connectivity index (χ1n) is 12.8. The molecular weight excluding hydrogens is 458 g/mol. The van der Waals surface area contributed by atoms with E-state index in [4.69, 9.17) is 15.7 Å². The summed E-state index contributed by atoms with van der Waals surface area (Å²) in [6.07, 6.45) is 8.99. The van der Waals surface area contributed by atoms with Crippen molar-refractivity contribution in [2.75, 3.05) is 18.9 Å². The van der Waals surface area contributed by atoms with E-state index in [0.29, 0.717) is 35.8 Å². The summed E-state index contributed by atoms with van der Waals surface area (Å²) >= 11 is 0. The minimum absolute atomic E-state index is 0.00636. The molecule has 188 valence electrons. The Morgan fingerprint density at radius 3 is 2.56 bits per heavy atom. The maximum atomic E-state index is 12.7. The summed E-state index contributed by atoms with van der Waals surface area (Å²) < 4.78 is 1.54. The fraction of sp³-hybridized carbons (Fsp3) is 0.500. The van der Waals surface area contributed by atoms with Crippen LogP contribution < -0.4 is 11.1 Å². The molecule has 3 fully saturated rings.